The van der Waals surface area contributed by atoms with E-state index in [2.05, 4.69) is 0 Å². The first kappa shape index (κ1) is 15.4. The summed E-state index contributed by atoms with van der Waals surface area (Å²) in [6.07, 6.45) is 1.60. The van der Waals surface area contributed by atoms with Gasteiger partial charge in [-0.1, -0.05) is 29.3 Å². The molecule has 0 fully saturated rings. The molecule has 0 atom stereocenters. The Morgan fingerprint density at radius 3 is 2.74 bits per heavy atom. The van der Waals surface area contributed by atoms with Crippen LogP contribution in [-0.4, -0.2) is 12.4 Å². The number of Topliss-reactive ketones (excluding diaryl/α,β-unsaturated/α-hetero) is 1. The number of nitrogens with zero attached hydrogens (tertiary/aromatic N) is 1. The second-order valence-corrected chi connectivity index (χ2v) is 5.53. The largest absolute Gasteiger partial charge is 0.479 e. The van der Waals surface area contributed by atoms with Gasteiger partial charge in [0.1, 0.15) is 17.6 Å². The fraction of sp³-hybridized carbons (Fsp3) is 0.0588. The number of carbonyl (C=O) groups is 1. The molecule has 23 heavy (non-hydrogen) atoms. The van der Waals surface area contributed by atoms with Crippen LogP contribution in [0.4, 0.5) is 0 Å². The third kappa shape index (κ3) is 3.16. The molecule has 3 rings (SSSR count). The van der Waals surface area contributed by atoms with Crippen LogP contribution in [0.5, 0.6) is 11.5 Å². The summed E-state index contributed by atoms with van der Waals surface area (Å²) in [6.45, 7) is -0.0707. The smallest absolute Gasteiger partial charge is 0.231 e. The second kappa shape index (κ2) is 6.33. The second-order valence-electron chi connectivity index (χ2n) is 4.72. The number of ketones is 1. The number of ether oxygens (including phenoxy) is 2. The summed E-state index contributed by atoms with van der Waals surface area (Å²) in [6, 6.07) is 11.7. The average molecular weight is 346 g/mol. The highest BCUT2D eigenvalue weighted by atomic mass is 35.5. The van der Waals surface area contributed by atoms with E-state index in [0.717, 1.165) is 0 Å². The summed E-state index contributed by atoms with van der Waals surface area (Å²) in [5, 5.41) is 9.36. The summed E-state index contributed by atoms with van der Waals surface area (Å²) in [4.78, 5) is 12.3. The van der Waals surface area contributed by atoms with Crippen LogP contribution in [0.3, 0.4) is 0 Å². The molecule has 114 valence electrons. The highest BCUT2D eigenvalue weighted by Gasteiger charge is 2.27. The first-order chi connectivity index (χ1) is 11.1. The van der Waals surface area contributed by atoms with E-state index in [9.17, 15) is 4.79 Å². The Morgan fingerprint density at radius 2 is 2.00 bits per heavy atom. The van der Waals surface area contributed by atoms with Gasteiger partial charge in [0, 0.05) is 6.07 Å². The molecule has 0 aromatic heterocycles. The first-order valence-electron chi connectivity index (χ1n) is 6.61. The Morgan fingerprint density at radius 1 is 1.17 bits per heavy atom. The third-order valence-corrected chi connectivity index (χ3v) is 3.93. The summed E-state index contributed by atoms with van der Waals surface area (Å²) in [5.74, 6) is 0.833. The molecule has 1 aliphatic rings. The maximum absolute atomic E-state index is 12.3. The summed E-state index contributed by atoms with van der Waals surface area (Å²) >= 11 is 11.8. The van der Waals surface area contributed by atoms with Gasteiger partial charge in [-0.3, -0.25) is 4.79 Å². The number of hydrogen-bond donors (Lipinski definition) is 0. The van der Waals surface area contributed by atoms with Crippen molar-refractivity contribution in [3.05, 3.63) is 63.3 Å². The zero-order valence-corrected chi connectivity index (χ0v) is 13.2. The average Bonchev–Trinajstić information content (AvgIpc) is 2.84. The van der Waals surface area contributed by atoms with Crippen molar-refractivity contribution in [2.45, 2.75) is 0 Å². The standard InChI is InChI=1S/C17H9Cl2NO3/c18-13-4-1-10(7-14(13)19)8-16-17(21)12-3-2-11(22-6-5-20)9-15(12)23-16/h1-4,7-9H,6H2/b16-8-. The van der Waals surface area contributed by atoms with Crippen LogP contribution in [0.25, 0.3) is 6.08 Å². The molecule has 0 aliphatic carbocycles. The molecule has 0 radical (unpaired) electrons. The van der Waals surface area contributed by atoms with Crippen LogP contribution in [0.2, 0.25) is 10.0 Å². The van der Waals surface area contributed by atoms with E-state index in [-0.39, 0.29) is 18.1 Å². The minimum atomic E-state index is -0.224. The quantitative estimate of drug-likeness (QED) is 0.767. The normalized spacial score (nSPS) is 14.3. The number of nitriles is 1. The zero-order valence-electron chi connectivity index (χ0n) is 11.7. The molecule has 0 saturated heterocycles. The molecule has 0 unspecified atom stereocenters. The number of rotatable bonds is 3. The SMILES string of the molecule is N#CCOc1ccc2c(c1)O/C(=C\c1ccc(Cl)c(Cl)c1)C2=O. The number of halogens is 2. The van der Waals surface area contributed by atoms with Gasteiger partial charge in [-0.25, -0.2) is 0 Å². The van der Waals surface area contributed by atoms with Crippen molar-refractivity contribution < 1.29 is 14.3 Å². The third-order valence-electron chi connectivity index (χ3n) is 3.19. The topological polar surface area (TPSA) is 59.3 Å². The summed E-state index contributed by atoms with van der Waals surface area (Å²) in [5.41, 5.74) is 1.15. The Balaban J connectivity index is 1.89. The molecular formula is C17H9Cl2NO3. The molecule has 0 bridgehead atoms. The minimum absolute atomic E-state index is 0.0707. The highest BCUT2D eigenvalue weighted by Crippen LogP contribution is 2.35. The van der Waals surface area contributed by atoms with E-state index in [0.29, 0.717) is 32.7 Å². The van der Waals surface area contributed by atoms with Gasteiger partial charge >= 0.3 is 0 Å². The lowest BCUT2D eigenvalue weighted by Crippen LogP contribution is -1.98. The van der Waals surface area contributed by atoms with E-state index in [1.165, 1.54) is 0 Å². The van der Waals surface area contributed by atoms with Gasteiger partial charge in [0.2, 0.25) is 5.78 Å². The van der Waals surface area contributed by atoms with Crippen LogP contribution in [0.1, 0.15) is 15.9 Å². The van der Waals surface area contributed by atoms with Crippen molar-refractivity contribution in [3.8, 4) is 17.6 Å². The number of hydrogen-bond acceptors (Lipinski definition) is 4. The van der Waals surface area contributed by atoms with Gasteiger partial charge in [0.15, 0.2) is 12.4 Å². The van der Waals surface area contributed by atoms with Gasteiger partial charge in [-0.05, 0) is 35.9 Å². The molecule has 2 aromatic carbocycles. The lowest BCUT2D eigenvalue weighted by atomic mass is 10.1. The maximum atomic E-state index is 12.3. The van der Waals surface area contributed by atoms with Gasteiger partial charge in [0.25, 0.3) is 0 Å². The summed E-state index contributed by atoms with van der Waals surface area (Å²) in [7, 11) is 0. The van der Waals surface area contributed by atoms with Gasteiger partial charge < -0.3 is 9.47 Å². The van der Waals surface area contributed by atoms with Crippen LogP contribution < -0.4 is 9.47 Å². The van der Waals surface area contributed by atoms with Crippen LogP contribution in [0.15, 0.2) is 42.2 Å². The van der Waals surface area contributed by atoms with Gasteiger partial charge in [-0.15, -0.1) is 0 Å². The zero-order chi connectivity index (χ0) is 16.4. The van der Waals surface area contributed by atoms with Crippen molar-refractivity contribution in [3.63, 3.8) is 0 Å². The number of benzene rings is 2. The number of carbonyl (C=O) groups excluding carboxylic acids is 1. The minimum Gasteiger partial charge on any atom is -0.479 e. The monoisotopic (exact) mass is 345 g/mol. The maximum Gasteiger partial charge on any atom is 0.231 e. The van der Waals surface area contributed by atoms with Crippen LogP contribution in [-0.2, 0) is 0 Å². The molecule has 2 aromatic rings. The van der Waals surface area contributed by atoms with Crippen molar-refractivity contribution in [2.24, 2.45) is 0 Å². The van der Waals surface area contributed by atoms with E-state index in [4.69, 9.17) is 37.9 Å². The van der Waals surface area contributed by atoms with Gasteiger partial charge in [-0.2, -0.15) is 5.26 Å². The predicted molar refractivity (Wildman–Crippen MR) is 86.9 cm³/mol. The van der Waals surface area contributed by atoms with Gasteiger partial charge in [0.05, 0.1) is 15.6 Å². The molecule has 1 heterocycles. The lowest BCUT2D eigenvalue weighted by Gasteiger charge is -2.03. The summed E-state index contributed by atoms with van der Waals surface area (Å²) < 4.78 is 10.8. The van der Waals surface area contributed by atoms with Crippen LogP contribution in [0, 0.1) is 11.3 Å². The fourth-order valence-electron chi connectivity index (χ4n) is 2.13. The first-order valence-corrected chi connectivity index (χ1v) is 7.37. The molecule has 0 amide bonds. The number of allylic oxidation sites excluding steroid dienone is 1. The number of fused-ring (bicyclic) bond motifs is 1. The van der Waals surface area contributed by atoms with E-state index in [1.807, 2.05) is 6.07 Å². The van der Waals surface area contributed by atoms with E-state index < -0.39 is 0 Å². The lowest BCUT2D eigenvalue weighted by molar-refractivity contribution is 0.101. The molecular weight excluding hydrogens is 337 g/mol. The molecule has 1 aliphatic heterocycles. The van der Waals surface area contributed by atoms with E-state index in [1.54, 1.807) is 42.5 Å². The van der Waals surface area contributed by atoms with Crippen molar-refractivity contribution in [1.82, 2.24) is 0 Å². The highest BCUT2D eigenvalue weighted by molar-refractivity contribution is 6.42. The molecule has 0 saturated carbocycles. The molecule has 6 heteroatoms. The molecule has 0 N–H and O–H groups in total. The fourth-order valence-corrected chi connectivity index (χ4v) is 2.43. The van der Waals surface area contributed by atoms with Crippen molar-refractivity contribution >= 4 is 35.1 Å². The Hall–Kier alpha value is -2.48. The molecule has 0 spiro atoms. The van der Waals surface area contributed by atoms with Crippen molar-refractivity contribution in [1.29, 1.82) is 5.26 Å². The van der Waals surface area contributed by atoms with Crippen molar-refractivity contribution in [2.75, 3.05) is 6.61 Å². The Kier molecular flexibility index (Phi) is 4.24. The molecule has 4 nitrogen and oxygen atoms in total. The van der Waals surface area contributed by atoms with Crippen LogP contribution >= 0.6 is 23.2 Å². The Bertz CT molecular complexity index is 869. The Labute approximate surface area is 142 Å². The van der Waals surface area contributed by atoms with E-state index >= 15 is 0 Å². The predicted octanol–water partition coefficient (Wildman–Crippen LogP) is 4.51.